The van der Waals surface area contributed by atoms with Gasteiger partial charge in [-0.25, -0.2) is 0 Å². The van der Waals surface area contributed by atoms with E-state index in [2.05, 4.69) is 5.32 Å². The molecule has 0 saturated carbocycles. The van der Waals surface area contributed by atoms with Crippen molar-refractivity contribution >= 4 is 5.91 Å². The van der Waals surface area contributed by atoms with E-state index in [0.29, 0.717) is 25.8 Å². The van der Waals surface area contributed by atoms with Crippen LogP contribution in [-0.4, -0.2) is 18.0 Å². The number of carbonyl (C=O) groups is 1. The van der Waals surface area contributed by atoms with Crippen molar-refractivity contribution in [1.82, 2.24) is 5.32 Å². The summed E-state index contributed by atoms with van der Waals surface area (Å²) in [4.78, 5) is 11.1. The Bertz CT molecular complexity index is 200. The summed E-state index contributed by atoms with van der Waals surface area (Å²) < 4.78 is 0. The Labute approximate surface area is 79.1 Å². The van der Waals surface area contributed by atoms with Crippen molar-refractivity contribution in [2.75, 3.05) is 6.54 Å². The van der Waals surface area contributed by atoms with Crippen molar-refractivity contribution in [2.45, 2.75) is 38.6 Å². The number of nitriles is 1. The smallest absolute Gasteiger partial charge is 0.220 e. The standard InChI is InChI=1S/C9H17N3O/c1-9(2,11)5-4-8(13)12-7-3-6-10/h3-5,7,11H2,1-2H3,(H,12,13). The summed E-state index contributed by atoms with van der Waals surface area (Å²) in [6.45, 7) is 4.20. The molecule has 1 amide bonds. The third-order valence-electron chi connectivity index (χ3n) is 1.56. The van der Waals surface area contributed by atoms with Crippen LogP contribution in [0.3, 0.4) is 0 Å². The van der Waals surface area contributed by atoms with Crippen LogP contribution in [0.25, 0.3) is 0 Å². The highest BCUT2D eigenvalue weighted by Crippen LogP contribution is 2.06. The Morgan fingerprint density at radius 3 is 2.69 bits per heavy atom. The summed E-state index contributed by atoms with van der Waals surface area (Å²) >= 11 is 0. The van der Waals surface area contributed by atoms with Crippen LogP contribution in [0.5, 0.6) is 0 Å². The van der Waals surface area contributed by atoms with E-state index >= 15 is 0 Å². The van der Waals surface area contributed by atoms with Crippen LogP contribution in [0.1, 0.15) is 33.1 Å². The topological polar surface area (TPSA) is 78.9 Å². The summed E-state index contributed by atoms with van der Waals surface area (Å²) in [6, 6.07) is 1.96. The quantitative estimate of drug-likeness (QED) is 0.610. The van der Waals surface area contributed by atoms with E-state index in [1.807, 2.05) is 19.9 Å². The van der Waals surface area contributed by atoms with Gasteiger partial charge >= 0.3 is 0 Å². The van der Waals surface area contributed by atoms with Crippen molar-refractivity contribution in [2.24, 2.45) is 5.73 Å². The number of nitrogens with two attached hydrogens (primary N) is 1. The van der Waals surface area contributed by atoms with Gasteiger partial charge in [0, 0.05) is 18.5 Å². The first-order valence-electron chi connectivity index (χ1n) is 4.38. The second kappa shape index (κ2) is 5.55. The molecule has 0 fully saturated rings. The van der Waals surface area contributed by atoms with Gasteiger partial charge in [-0.3, -0.25) is 4.79 Å². The molecule has 0 atom stereocenters. The molecule has 0 radical (unpaired) electrons. The van der Waals surface area contributed by atoms with Gasteiger partial charge in [0.15, 0.2) is 0 Å². The minimum Gasteiger partial charge on any atom is -0.355 e. The molecule has 0 rings (SSSR count). The molecular weight excluding hydrogens is 166 g/mol. The van der Waals surface area contributed by atoms with Crippen molar-refractivity contribution < 1.29 is 4.79 Å². The van der Waals surface area contributed by atoms with Gasteiger partial charge in [-0.05, 0) is 20.3 Å². The molecule has 0 aliphatic rings. The molecule has 0 unspecified atom stereocenters. The summed E-state index contributed by atoms with van der Waals surface area (Å²) in [5.41, 5.74) is 5.41. The van der Waals surface area contributed by atoms with Gasteiger partial charge in [-0.2, -0.15) is 5.26 Å². The minimum atomic E-state index is -0.299. The lowest BCUT2D eigenvalue weighted by molar-refractivity contribution is -0.121. The molecule has 13 heavy (non-hydrogen) atoms. The summed E-state index contributed by atoms with van der Waals surface area (Å²) in [7, 11) is 0. The molecule has 0 aromatic heterocycles. The summed E-state index contributed by atoms with van der Waals surface area (Å²) in [5, 5.41) is 10.9. The highest BCUT2D eigenvalue weighted by atomic mass is 16.1. The molecule has 74 valence electrons. The van der Waals surface area contributed by atoms with Crippen LogP contribution >= 0.6 is 0 Å². The highest BCUT2D eigenvalue weighted by molar-refractivity contribution is 5.75. The molecule has 0 heterocycles. The van der Waals surface area contributed by atoms with Crippen LogP contribution in [0, 0.1) is 11.3 Å². The first kappa shape index (κ1) is 11.9. The second-order valence-corrected chi connectivity index (χ2v) is 3.75. The molecule has 0 spiro atoms. The van der Waals surface area contributed by atoms with Gasteiger partial charge in [-0.1, -0.05) is 0 Å². The number of hydrogen-bond acceptors (Lipinski definition) is 3. The predicted molar refractivity (Wildman–Crippen MR) is 50.7 cm³/mol. The zero-order valence-electron chi connectivity index (χ0n) is 8.26. The highest BCUT2D eigenvalue weighted by Gasteiger charge is 2.12. The van der Waals surface area contributed by atoms with E-state index in [1.165, 1.54) is 0 Å². The molecular formula is C9H17N3O. The summed E-state index contributed by atoms with van der Waals surface area (Å²) in [5.74, 6) is -0.0335. The molecule has 0 aromatic carbocycles. The number of amides is 1. The number of nitrogens with one attached hydrogen (secondary N) is 1. The number of carbonyl (C=O) groups excluding carboxylic acids is 1. The Morgan fingerprint density at radius 2 is 2.23 bits per heavy atom. The molecule has 0 saturated heterocycles. The number of nitrogens with zero attached hydrogens (tertiary/aromatic N) is 1. The summed E-state index contributed by atoms with van der Waals surface area (Å²) in [6.07, 6.45) is 1.44. The average Bonchev–Trinajstić information content (AvgIpc) is 2.00. The fourth-order valence-electron chi connectivity index (χ4n) is 0.782. The van der Waals surface area contributed by atoms with E-state index < -0.39 is 0 Å². The van der Waals surface area contributed by atoms with E-state index in [1.54, 1.807) is 0 Å². The molecule has 4 nitrogen and oxygen atoms in total. The largest absolute Gasteiger partial charge is 0.355 e. The maximum Gasteiger partial charge on any atom is 0.220 e. The van der Waals surface area contributed by atoms with E-state index in [0.717, 1.165) is 0 Å². The molecule has 0 aromatic rings. The predicted octanol–water partition coefficient (Wildman–Crippen LogP) is 0.534. The van der Waals surface area contributed by atoms with Crippen LogP contribution in [-0.2, 0) is 4.79 Å². The fraction of sp³-hybridized carbons (Fsp3) is 0.778. The minimum absolute atomic E-state index is 0.0335. The number of hydrogen-bond donors (Lipinski definition) is 2. The number of rotatable bonds is 5. The van der Waals surface area contributed by atoms with Crippen molar-refractivity contribution in [3.8, 4) is 6.07 Å². The molecule has 3 N–H and O–H groups in total. The van der Waals surface area contributed by atoms with Gasteiger partial charge < -0.3 is 11.1 Å². The maximum atomic E-state index is 11.1. The third-order valence-corrected chi connectivity index (χ3v) is 1.56. The van der Waals surface area contributed by atoms with Gasteiger partial charge in [0.25, 0.3) is 0 Å². The average molecular weight is 183 g/mol. The van der Waals surface area contributed by atoms with Crippen LogP contribution < -0.4 is 11.1 Å². The van der Waals surface area contributed by atoms with Crippen molar-refractivity contribution in [3.05, 3.63) is 0 Å². The maximum absolute atomic E-state index is 11.1. The Kier molecular flexibility index (Phi) is 5.09. The first-order chi connectivity index (χ1) is 5.95. The Hall–Kier alpha value is -1.08. The van der Waals surface area contributed by atoms with Gasteiger partial charge in [0.1, 0.15) is 0 Å². The third kappa shape index (κ3) is 8.83. The van der Waals surface area contributed by atoms with Crippen LogP contribution in [0.2, 0.25) is 0 Å². The van der Waals surface area contributed by atoms with Crippen LogP contribution in [0.15, 0.2) is 0 Å². The SMILES string of the molecule is CC(C)(N)CCC(=O)NCCC#N. The Balaban J connectivity index is 3.48. The van der Waals surface area contributed by atoms with Crippen molar-refractivity contribution in [1.29, 1.82) is 5.26 Å². The lowest BCUT2D eigenvalue weighted by Gasteiger charge is -2.17. The van der Waals surface area contributed by atoms with E-state index in [-0.39, 0.29) is 11.4 Å². The van der Waals surface area contributed by atoms with Gasteiger partial charge in [0.2, 0.25) is 5.91 Å². The van der Waals surface area contributed by atoms with Crippen molar-refractivity contribution in [3.63, 3.8) is 0 Å². The molecule has 0 aliphatic carbocycles. The lowest BCUT2D eigenvalue weighted by Crippen LogP contribution is -2.34. The Morgan fingerprint density at radius 1 is 1.62 bits per heavy atom. The molecule has 4 heteroatoms. The van der Waals surface area contributed by atoms with Crippen LogP contribution in [0.4, 0.5) is 0 Å². The monoisotopic (exact) mass is 183 g/mol. The lowest BCUT2D eigenvalue weighted by atomic mass is 10.00. The zero-order valence-corrected chi connectivity index (χ0v) is 8.26. The molecule has 0 aliphatic heterocycles. The van der Waals surface area contributed by atoms with Gasteiger partial charge in [0.05, 0.1) is 12.5 Å². The second-order valence-electron chi connectivity index (χ2n) is 3.75. The normalized spacial score (nSPS) is 10.6. The fourth-order valence-corrected chi connectivity index (χ4v) is 0.782. The first-order valence-corrected chi connectivity index (χ1v) is 4.38. The van der Waals surface area contributed by atoms with Gasteiger partial charge in [-0.15, -0.1) is 0 Å². The van der Waals surface area contributed by atoms with E-state index in [4.69, 9.17) is 11.0 Å². The molecule has 0 bridgehead atoms. The van der Waals surface area contributed by atoms with E-state index in [9.17, 15) is 4.79 Å². The zero-order chi connectivity index (χ0) is 10.3.